The van der Waals surface area contributed by atoms with Crippen LogP contribution in [0.5, 0.6) is 0 Å². The maximum Gasteiger partial charge on any atom is 0.231 e. The zero-order chi connectivity index (χ0) is 13.3. The number of amides is 1. The summed E-state index contributed by atoms with van der Waals surface area (Å²) in [5.74, 6) is -0.333. The van der Waals surface area contributed by atoms with Gasteiger partial charge in [-0.25, -0.2) is 0 Å². The van der Waals surface area contributed by atoms with Gasteiger partial charge in [-0.05, 0) is 19.4 Å². The van der Waals surface area contributed by atoms with Gasteiger partial charge in [0.25, 0.3) is 0 Å². The van der Waals surface area contributed by atoms with Gasteiger partial charge in [-0.2, -0.15) is 0 Å². The molecule has 0 unspecified atom stereocenters. The number of benzene rings is 1. The molecule has 0 spiro atoms. The summed E-state index contributed by atoms with van der Waals surface area (Å²) in [4.78, 5) is 13.9. The Hall–Kier alpha value is -1.61. The van der Waals surface area contributed by atoms with E-state index in [0.717, 1.165) is 5.56 Å². The number of rotatable bonds is 4. The van der Waals surface area contributed by atoms with Crippen LogP contribution in [0.1, 0.15) is 25.5 Å². The number of likely N-dealkylation sites (tertiary alicyclic amines) is 1. The van der Waals surface area contributed by atoms with E-state index in [1.54, 1.807) is 17.9 Å². The number of carbonyl (C=O) groups excluding carboxylic acids is 1. The summed E-state index contributed by atoms with van der Waals surface area (Å²) in [6.07, 6.45) is 1.12. The van der Waals surface area contributed by atoms with Crippen LogP contribution >= 0.6 is 0 Å². The number of hydrogen-bond acceptors (Lipinski definition) is 2. The molecular formula is C15H19NO2. The van der Waals surface area contributed by atoms with E-state index < -0.39 is 6.10 Å². The van der Waals surface area contributed by atoms with Crippen molar-refractivity contribution in [2.24, 2.45) is 5.92 Å². The first-order valence-corrected chi connectivity index (χ1v) is 6.25. The Labute approximate surface area is 108 Å². The minimum atomic E-state index is -0.625. The van der Waals surface area contributed by atoms with Gasteiger partial charge in [0.15, 0.2) is 0 Å². The third kappa shape index (κ3) is 1.95. The first kappa shape index (κ1) is 12.8. The van der Waals surface area contributed by atoms with Crippen LogP contribution in [-0.4, -0.2) is 28.1 Å². The third-order valence-corrected chi connectivity index (χ3v) is 3.69. The van der Waals surface area contributed by atoms with Crippen molar-refractivity contribution >= 4 is 5.91 Å². The highest BCUT2D eigenvalue weighted by Crippen LogP contribution is 2.37. The van der Waals surface area contributed by atoms with Crippen LogP contribution < -0.4 is 0 Å². The second kappa shape index (κ2) is 4.94. The molecule has 1 amide bonds. The SMILES string of the molecule is C=C[C@@H]1[C@@H]([C@@H](C)O)C(=O)N1[C@H](C)c1ccccc1. The van der Waals surface area contributed by atoms with E-state index in [2.05, 4.69) is 6.58 Å². The van der Waals surface area contributed by atoms with Crippen LogP contribution in [0.2, 0.25) is 0 Å². The molecule has 3 heteroatoms. The lowest BCUT2D eigenvalue weighted by Crippen LogP contribution is -2.63. The predicted molar refractivity (Wildman–Crippen MR) is 70.9 cm³/mol. The largest absolute Gasteiger partial charge is 0.392 e. The van der Waals surface area contributed by atoms with Crippen LogP contribution in [0, 0.1) is 5.92 Å². The van der Waals surface area contributed by atoms with Crippen molar-refractivity contribution in [3.63, 3.8) is 0 Å². The molecular weight excluding hydrogens is 226 g/mol. The monoisotopic (exact) mass is 245 g/mol. The predicted octanol–water partition coefficient (Wildman–Crippen LogP) is 2.14. The maximum atomic E-state index is 12.1. The number of carbonyl (C=O) groups is 1. The molecule has 1 aliphatic rings. The van der Waals surface area contributed by atoms with Crippen LogP contribution in [0.3, 0.4) is 0 Å². The molecule has 1 aromatic rings. The molecule has 0 aliphatic carbocycles. The minimum absolute atomic E-state index is 0.00579. The molecule has 2 rings (SSSR count). The summed E-state index contributed by atoms with van der Waals surface area (Å²) in [7, 11) is 0. The van der Waals surface area contributed by atoms with E-state index in [1.165, 1.54) is 0 Å². The Morgan fingerprint density at radius 1 is 1.33 bits per heavy atom. The number of aliphatic hydroxyl groups is 1. The number of nitrogens with zero attached hydrogens (tertiary/aromatic N) is 1. The highest BCUT2D eigenvalue weighted by atomic mass is 16.3. The Morgan fingerprint density at radius 3 is 2.44 bits per heavy atom. The van der Waals surface area contributed by atoms with Gasteiger partial charge in [0.05, 0.1) is 24.1 Å². The van der Waals surface area contributed by atoms with Crippen molar-refractivity contribution in [3.8, 4) is 0 Å². The zero-order valence-corrected chi connectivity index (χ0v) is 10.8. The summed E-state index contributed by atoms with van der Waals surface area (Å²) in [5.41, 5.74) is 1.10. The molecule has 96 valence electrons. The van der Waals surface area contributed by atoms with E-state index in [4.69, 9.17) is 0 Å². The lowest BCUT2D eigenvalue weighted by molar-refractivity contribution is -0.164. The summed E-state index contributed by atoms with van der Waals surface area (Å²) in [6, 6.07) is 9.83. The molecule has 4 atom stereocenters. The molecule has 1 saturated heterocycles. The van der Waals surface area contributed by atoms with E-state index >= 15 is 0 Å². The smallest absolute Gasteiger partial charge is 0.231 e. The van der Waals surface area contributed by atoms with Crippen molar-refractivity contribution in [1.29, 1.82) is 0 Å². The number of aliphatic hydroxyl groups excluding tert-OH is 1. The molecule has 0 radical (unpaired) electrons. The molecule has 0 saturated carbocycles. The first-order chi connectivity index (χ1) is 8.57. The molecule has 1 heterocycles. The molecule has 1 aromatic carbocycles. The van der Waals surface area contributed by atoms with Gasteiger partial charge in [-0.3, -0.25) is 4.79 Å². The molecule has 1 N–H and O–H groups in total. The highest BCUT2D eigenvalue weighted by molar-refractivity contribution is 5.87. The van der Waals surface area contributed by atoms with Gasteiger partial charge in [0, 0.05) is 0 Å². The fourth-order valence-electron chi connectivity index (χ4n) is 2.65. The van der Waals surface area contributed by atoms with Crippen LogP contribution in [0.4, 0.5) is 0 Å². The molecule has 1 fully saturated rings. The fraction of sp³-hybridized carbons (Fsp3) is 0.400. The average Bonchev–Trinajstić information content (AvgIpc) is 2.36. The Morgan fingerprint density at radius 2 is 1.94 bits per heavy atom. The van der Waals surface area contributed by atoms with E-state index in [-0.39, 0.29) is 23.9 Å². The number of hydrogen-bond donors (Lipinski definition) is 1. The summed E-state index contributed by atoms with van der Waals surface area (Å²) in [6.45, 7) is 7.43. The molecule has 0 aromatic heterocycles. The van der Waals surface area contributed by atoms with Gasteiger partial charge in [0.2, 0.25) is 5.91 Å². The van der Waals surface area contributed by atoms with Crippen molar-refractivity contribution in [2.45, 2.75) is 32.0 Å². The van der Waals surface area contributed by atoms with Gasteiger partial charge in [-0.1, -0.05) is 36.4 Å². The Balaban J connectivity index is 2.20. The van der Waals surface area contributed by atoms with E-state index in [9.17, 15) is 9.90 Å². The van der Waals surface area contributed by atoms with E-state index in [0.29, 0.717) is 0 Å². The fourth-order valence-corrected chi connectivity index (χ4v) is 2.65. The van der Waals surface area contributed by atoms with Crippen molar-refractivity contribution in [2.75, 3.05) is 0 Å². The van der Waals surface area contributed by atoms with Gasteiger partial charge in [-0.15, -0.1) is 6.58 Å². The van der Waals surface area contributed by atoms with Crippen molar-refractivity contribution in [1.82, 2.24) is 4.90 Å². The van der Waals surface area contributed by atoms with Crippen LogP contribution in [-0.2, 0) is 4.79 Å². The second-order valence-electron chi connectivity index (χ2n) is 4.82. The number of β-lactam (4-membered cyclic amide) rings is 1. The topological polar surface area (TPSA) is 40.5 Å². The molecule has 3 nitrogen and oxygen atoms in total. The quantitative estimate of drug-likeness (QED) is 0.652. The van der Waals surface area contributed by atoms with E-state index in [1.807, 2.05) is 37.3 Å². The van der Waals surface area contributed by atoms with Gasteiger partial charge >= 0.3 is 0 Å². The summed E-state index contributed by atoms with van der Waals surface area (Å²) < 4.78 is 0. The van der Waals surface area contributed by atoms with Crippen LogP contribution in [0.25, 0.3) is 0 Å². The average molecular weight is 245 g/mol. The third-order valence-electron chi connectivity index (χ3n) is 3.69. The molecule has 1 aliphatic heterocycles. The maximum absolute atomic E-state index is 12.1. The molecule has 18 heavy (non-hydrogen) atoms. The first-order valence-electron chi connectivity index (χ1n) is 6.25. The van der Waals surface area contributed by atoms with Crippen LogP contribution in [0.15, 0.2) is 43.0 Å². The normalized spacial score (nSPS) is 26.4. The minimum Gasteiger partial charge on any atom is -0.392 e. The standard InChI is InChI=1S/C15H19NO2/c1-4-13-14(11(3)17)15(18)16(13)10(2)12-8-6-5-7-9-12/h4-11,13-14,17H,1H2,2-3H3/t10-,11-,13-,14-/m1/s1. The van der Waals surface area contributed by atoms with Gasteiger partial charge in [0.1, 0.15) is 0 Å². The molecule has 0 bridgehead atoms. The summed E-state index contributed by atoms with van der Waals surface area (Å²) in [5, 5.41) is 9.62. The lowest BCUT2D eigenvalue weighted by Gasteiger charge is -2.50. The highest BCUT2D eigenvalue weighted by Gasteiger charge is 2.49. The van der Waals surface area contributed by atoms with Crippen molar-refractivity contribution < 1.29 is 9.90 Å². The second-order valence-corrected chi connectivity index (χ2v) is 4.82. The zero-order valence-electron chi connectivity index (χ0n) is 10.8. The van der Waals surface area contributed by atoms with Gasteiger partial charge < -0.3 is 10.0 Å². The lowest BCUT2D eigenvalue weighted by atomic mass is 9.81. The summed E-state index contributed by atoms with van der Waals surface area (Å²) >= 11 is 0. The Bertz CT molecular complexity index is 441. The Kier molecular flexibility index (Phi) is 3.53. The van der Waals surface area contributed by atoms with Crippen molar-refractivity contribution in [3.05, 3.63) is 48.6 Å².